The Hall–Kier alpha value is -1.02. The van der Waals surface area contributed by atoms with Crippen LogP contribution in [0.2, 0.25) is 0 Å². The highest BCUT2D eigenvalue weighted by atomic mass is 16.5. The molecule has 1 saturated carbocycles. The standard InChI is InChI=1S/C13H18O2/c1-9-4-7-12(15-3)11(8-9)13(2,14)10-5-6-10/h4,7-8,10,14H,5-6H2,1-3H3/t13-/m1/s1. The Morgan fingerprint density at radius 2 is 2.07 bits per heavy atom. The van der Waals surface area contributed by atoms with E-state index in [-0.39, 0.29) is 0 Å². The van der Waals surface area contributed by atoms with Gasteiger partial charge in [0.25, 0.3) is 0 Å². The average Bonchev–Trinajstić information content (AvgIpc) is 3.01. The maximum Gasteiger partial charge on any atom is 0.124 e. The van der Waals surface area contributed by atoms with Crippen molar-refractivity contribution in [1.29, 1.82) is 0 Å². The van der Waals surface area contributed by atoms with Gasteiger partial charge in [0.2, 0.25) is 0 Å². The van der Waals surface area contributed by atoms with Crippen LogP contribution >= 0.6 is 0 Å². The summed E-state index contributed by atoms with van der Waals surface area (Å²) in [6.07, 6.45) is 2.23. The maximum atomic E-state index is 10.5. The van der Waals surface area contributed by atoms with Crippen molar-refractivity contribution in [1.82, 2.24) is 0 Å². The fraction of sp³-hybridized carbons (Fsp3) is 0.538. The molecule has 15 heavy (non-hydrogen) atoms. The molecule has 1 fully saturated rings. The Labute approximate surface area is 90.9 Å². The van der Waals surface area contributed by atoms with Gasteiger partial charge in [-0.2, -0.15) is 0 Å². The van der Waals surface area contributed by atoms with Gasteiger partial charge in [-0.3, -0.25) is 0 Å². The Balaban J connectivity index is 2.44. The number of aliphatic hydroxyl groups is 1. The number of rotatable bonds is 3. The van der Waals surface area contributed by atoms with E-state index in [1.165, 1.54) is 0 Å². The van der Waals surface area contributed by atoms with E-state index in [2.05, 4.69) is 0 Å². The molecule has 0 unspecified atom stereocenters. The van der Waals surface area contributed by atoms with Gasteiger partial charge in [0.1, 0.15) is 5.75 Å². The first-order chi connectivity index (χ1) is 7.05. The van der Waals surface area contributed by atoms with Gasteiger partial charge in [-0.05, 0) is 44.7 Å². The van der Waals surface area contributed by atoms with Gasteiger partial charge in [-0.25, -0.2) is 0 Å². The van der Waals surface area contributed by atoms with E-state index in [1.54, 1.807) is 7.11 Å². The smallest absolute Gasteiger partial charge is 0.124 e. The molecule has 0 heterocycles. The molecule has 2 heteroatoms. The summed E-state index contributed by atoms with van der Waals surface area (Å²) >= 11 is 0. The predicted octanol–water partition coefficient (Wildman–Crippen LogP) is 2.62. The second-order valence-corrected chi connectivity index (χ2v) is 4.63. The van der Waals surface area contributed by atoms with Crippen LogP contribution < -0.4 is 4.74 Å². The Bertz CT molecular complexity index is 365. The minimum absolute atomic E-state index is 0.396. The Morgan fingerprint density at radius 1 is 1.40 bits per heavy atom. The molecule has 0 aliphatic heterocycles. The molecule has 82 valence electrons. The van der Waals surface area contributed by atoms with Crippen molar-refractivity contribution in [3.8, 4) is 5.75 Å². The van der Waals surface area contributed by atoms with Crippen LogP contribution in [0, 0.1) is 12.8 Å². The summed E-state index contributed by atoms with van der Waals surface area (Å²) in [7, 11) is 1.65. The molecular formula is C13H18O2. The van der Waals surface area contributed by atoms with E-state index in [0.717, 1.165) is 29.7 Å². The normalized spacial score (nSPS) is 19.7. The average molecular weight is 206 g/mol. The topological polar surface area (TPSA) is 29.5 Å². The number of aryl methyl sites for hydroxylation is 1. The molecule has 0 saturated heterocycles. The van der Waals surface area contributed by atoms with Crippen LogP contribution in [-0.2, 0) is 5.60 Å². The van der Waals surface area contributed by atoms with Crippen molar-refractivity contribution in [3.63, 3.8) is 0 Å². The molecule has 0 spiro atoms. The second kappa shape index (κ2) is 3.53. The van der Waals surface area contributed by atoms with Crippen molar-refractivity contribution in [2.24, 2.45) is 5.92 Å². The quantitative estimate of drug-likeness (QED) is 0.823. The number of hydrogen-bond donors (Lipinski definition) is 1. The van der Waals surface area contributed by atoms with E-state index in [4.69, 9.17) is 4.74 Å². The minimum atomic E-state index is -0.739. The summed E-state index contributed by atoms with van der Waals surface area (Å²) in [6, 6.07) is 5.96. The summed E-state index contributed by atoms with van der Waals surface area (Å²) in [4.78, 5) is 0. The van der Waals surface area contributed by atoms with Gasteiger partial charge in [0.15, 0.2) is 0 Å². The molecule has 1 aromatic carbocycles. The molecule has 0 radical (unpaired) electrons. The van der Waals surface area contributed by atoms with Crippen molar-refractivity contribution in [2.45, 2.75) is 32.3 Å². The van der Waals surface area contributed by atoms with Gasteiger partial charge in [0.05, 0.1) is 12.7 Å². The van der Waals surface area contributed by atoms with Crippen molar-refractivity contribution in [2.75, 3.05) is 7.11 Å². The van der Waals surface area contributed by atoms with Crippen LogP contribution in [0.15, 0.2) is 18.2 Å². The third-order valence-electron chi connectivity index (χ3n) is 3.27. The summed E-state index contributed by atoms with van der Waals surface area (Å²) in [5.74, 6) is 1.19. The highest BCUT2D eigenvalue weighted by Gasteiger charge is 2.42. The van der Waals surface area contributed by atoms with Crippen LogP contribution in [0.25, 0.3) is 0 Å². The molecule has 0 amide bonds. The van der Waals surface area contributed by atoms with Crippen LogP contribution in [-0.4, -0.2) is 12.2 Å². The lowest BCUT2D eigenvalue weighted by Gasteiger charge is -2.26. The van der Waals surface area contributed by atoms with Gasteiger partial charge in [-0.15, -0.1) is 0 Å². The first kappa shape index (κ1) is 10.5. The molecule has 1 N–H and O–H groups in total. The number of methoxy groups -OCH3 is 1. The first-order valence-corrected chi connectivity index (χ1v) is 5.43. The molecule has 1 atom stereocenters. The Morgan fingerprint density at radius 3 is 2.60 bits per heavy atom. The molecule has 1 aromatic rings. The SMILES string of the molecule is COc1ccc(C)cc1[C@](C)(O)C1CC1. The largest absolute Gasteiger partial charge is 0.496 e. The van der Waals surface area contributed by atoms with Crippen LogP contribution in [0.1, 0.15) is 30.9 Å². The lowest BCUT2D eigenvalue weighted by atomic mass is 9.89. The third kappa shape index (κ3) is 1.86. The first-order valence-electron chi connectivity index (χ1n) is 5.43. The van der Waals surface area contributed by atoms with E-state index in [0.29, 0.717) is 5.92 Å². The molecule has 1 aliphatic carbocycles. The molecule has 0 bridgehead atoms. The van der Waals surface area contributed by atoms with Gasteiger partial charge in [0, 0.05) is 5.56 Å². The monoisotopic (exact) mass is 206 g/mol. The summed E-state index contributed by atoms with van der Waals surface area (Å²) < 4.78 is 5.30. The van der Waals surface area contributed by atoms with Crippen LogP contribution in [0.3, 0.4) is 0 Å². The molecule has 2 rings (SSSR count). The zero-order valence-corrected chi connectivity index (χ0v) is 9.58. The predicted molar refractivity (Wildman–Crippen MR) is 60.0 cm³/mol. The van der Waals surface area contributed by atoms with Crippen LogP contribution in [0.4, 0.5) is 0 Å². The van der Waals surface area contributed by atoms with E-state index in [9.17, 15) is 5.11 Å². The number of benzene rings is 1. The lowest BCUT2D eigenvalue weighted by molar-refractivity contribution is 0.0306. The summed E-state index contributed by atoms with van der Waals surface area (Å²) in [5, 5.41) is 10.5. The summed E-state index contributed by atoms with van der Waals surface area (Å²) in [5.41, 5.74) is 1.34. The van der Waals surface area contributed by atoms with Gasteiger partial charge in [-0.1, -0.05) is 11.6 Å². The van der Waals surface area contributed by atoms with Crippen molar-refractivity contribution in [3.05, 3.63) is 29.3 Å². The van der Waals surface area contributed by atoms with E-state index in [1.807, 2.05) is 32.0 Å². The minimum Gasteiger partial charge on any atom is -0.496 e. The third-order valence-corrected chi connectivity index (χ3v) is 3.27. The zero-order valence-electron chi connectivity index (χ0n) is 9.58. The van der Waals surface area contributed by atoms with Crippen molar-refractivity contribution >= 4 is 0 Å². The highest BCUT2D eigenvalue weighted by molar-refractivity contribution is 5.41. The fourth-order valence-electron chi connectivity index (χ4n) is 2.08. The van der Waals surface area contributed by atoms with Crippen LogP contribution in [0.5, 0.6) is 5.75 Å². The molecular weight excluding hydrogens is 188 g/mol. The maximum absolute atomic E-state index is 10.5. The van der Waals surface area contributed by atoms with E-state index >= 15 is 0 Å². The fourth-order valence-corrected chi connectivity index (χ4v) is 2.08. The van der Waals surface area contributed by atoms with Gasteiger partial charge < -0.3 is 9.84 Å². The highest BCUT2D eigenvalue weighted by Crippen LogP contribution is 2.47. The number of hydrogen-bond acceptors (Lipinski definition) is 2. The van der Waals surface area contributed by atoms with Crippen molar-refractivity contribution < 1.29 is 9.84 Å². The lowest BCUT2D eigenvalue weighted by Crippen LogP contribution is -2.24. The number of ether oxygens (including phenoxy) is 1. The summed E-state index contributed by atoms with van der Waals surface area (Å²) in [6.45, 7) is 3.92. The molecule has 1 aliphatic rings. The second-order valence-electron chi connectivity index (χ2n) is 4.63. The molecule has 0 aromatic heterocycles. The Kier molecular flexibility index (Phi) is 2.47. The molecule has 2 nitrogen and oxygen atoms in total. The van der Waals surface area contributed by atoms with E-state index < -0.39 is 5.60 Å². The van der Waals surface area contributed by atoms with Gasteiger partial charge >= 0.3 is 0 Å². The zero-order chi connectivity index (χ0) is 11.1.